The lowest BCUT2D eigenvalue weighted by Gasteiger charge is -2.29. The number of quaternary nitrogens is 1. The normalized spacial score (nSPS) is 15.5. The highest BCUT2D eigenvalue weighted by Gasteiger charge is 2.33. The van der Waals surface area contributed by atoms with Crippen LogP contribution < -0.4 is 19.3 Å². The Balaban J connectivity index is 1.60. The van der Waals surface area contributed by atoms with Crippen LogP contribution in [-0.2, 0) is 11.2 Å². The standard InChI is InChI=1S/C23H27N3O3S/c1-4-16-10-11-17-21(14-16)30-23(24-17)26(13-7-12-25(2)3)22(27)20-15-28-18-8-5-6-9-19(18)29-20/h5-6,8-11,14,20H,4,7,12-13,15H2,1-3H3/p+1/t20-/m1/s1. The molecule has 2 heterocycles. The van der Waals surface area contributed by atoms with Gasteiger partial charge in [0, 0.05) is 13.0 Å². The van der Waals surface area contributed by atoms with Gasteiger partial charge >= 0.3 is 0 Å². The second-order valence-corrected chi connectivity index (χ2v) is 8.83. The molecule has 0 fully saturated rings. The smallest absolute Gasteiger partial charge is 0.273 e. The predicted molar refractivity (Wildman–Crippen MR) is 120 cm³/mol. The Kier molecular flexibility index (Phi) is 6.20. The third-order valence-electron chi connectivity index (χ3n) is 5.19. The molecule has 0 saturated heterocycles. The minimum atomic E-state index is -0.676. The van der Waals surface area contributed by atoms with Crippen LogP contribution in [0.5, 0.6) is 11.5 Å². The van der Waals surface area contributed by atoms with E-state index < -0.39 is 6.10 Å². The Bertz CT molecular complexity index is 1030. The van der Waals surface area contributed by atoms with Crippen molar-refractivity contribution >= 4 is 32.6 Å². The van der Waals surface area contributed by atoms with Crippen molar-refractivity contribution in [2.75, 3.05) is 38.7 Å². The number of aromatic nitrogens is 1. The SMILES string of the molecule is CCc1ccc2nc(N(CCC[NH+](C)C)C(=O)[C@H]3COc4ccccc4O3)sc2c1. The van der Waals surface area contributed by atoms with Crippen LogP contribution in [0.4, 0.5) is 5.13 Å². The van der Waals surface area contributed by atoms with Crippen molar-refractivity contribution in [3.63, 3.8) is 0 Å². The van der Waals surface area contributed by atoms with Crippen LogP contribution in [0.15, 0.2) is 42.5 Å². The highest BCUT2D eigenvalue weighted by Crippen LogP contribution is 2.34. The average Bonchev–Trinajstić information content (AvgIpc) is 3.18. The van der Waals surface area contributed by atoms with Crippen molar-refractivity contribution in [1.29, 1.82) is 0 Å². The Labute approximate surface area is 181 Å². The van der Waals surface area contributed by atoms with Crippen LogP contribution in [0.2, 0.25) is 0 Å². The number of hydrogen-bond acceptors (Lipinski definition) is 5. The van der Waals surface area contributed by atoms with E-state index >= 15 is 0 Å². The van der Waals surface area contributed by atoms with Gasteiger partial charge in [-0.2, -0.15) is 0 Å². The van der Waals surface area contributed by atoms with Gasteiger partial charge in [-0.15, -0.1) is 0 Å². The highest BCUT2D eigenvalue weighted by molar-refractivity contribution is 7.22. The van der Waals surface area contributed by atoms with Crippen molar-refractivity contribution < 1.29 is 19.2 Å². The lowest BCUT2D eigenvalue weighted by molar-refractivity contribution is -0.858. The maximum absolute atomic E-state index is 13.5. The van der Waals surface area contributed by atoms with E-state index in [1.165, 1.54) is 10.5 Å². The second-order valence-electron chi connectivity index (χ2n) is 7.82. The van der Waals surface area contributed by atoms with Crippen molar-refractivity contribution in [3.05, 3.63) is 48.0 Å². The fourth-order valence-electron chi connectivity index (χ4n) is 3.50. The van der Waals surface area contributed by atoms with E-state index in [9.17, 15) is 4.79 Å². The Morgan fingerprint density at radius 2 is 2.03 bits per heavy atom. The summed E-state index contributed by atoms with van der Waals surface area (Å²) in [5, 5.41) is 0.722. The molecule has 0 radical (unpaired) electrons. The molecule has 6 nitrogen and oxygen atoms in total. The van der Waals surface area contributed by atoms with Gasteiger partial charge in [0.2, 0.25) is 6.10 Å². The lowest BCUT2D eigenvalue weighted by Crippen LogP contribution is -3.05. The molecular formula is C23H28N3O3S+. The summed E-state index contributed by atoms with van der Waals surface area (Å²) in [6.45, 7) is 3.92. The molecule has 0 spiro atoms. The first-order valence-corrected chi connectivity index (χ1v) is 11.2. The molecule has 0 unspecified atom stereocenters. The minimum Gasteiger partial charge on any atom is -0.485 e. The topological polar surface area (TPSA) is 56.1 Å². The molecule has 2 aromatic carbocycles. The number of para-hydroxylation sites is 2. The molecule has 1 atom stereocenters. The molecule has 0 saturated carbocycles. The zero-order valence-electron chi connectivity index (χ0n) is 17.7. The fraction of sp³-hybridized carbons (Fsp3) is 0.391. The first-order valence-electron chi connectivity index (χ1n) is 10.4. The number of aryl methyl sites for hydroxylation is 1. The van der Waals surface area contributed by atoms with E-state index in [0.29, 0.717) is 18.0 Å². The van der Waals surface area contributed by atoms with Crippen LogP contribution >= 0.6 is 11.3 Å². The highest BCUT2D eigenvalue weighted by atomic mass is 32.1. The maximum Gasteiger partial charge on any atom is 0.273 e. The average molecular weight is 427 g/mol. The zero-order chi connectivity index (χ0) is 21.1. The number of ether oxygens (including phenoxy) is 2. The van der Waals surface area contributed by atoms with Crippen LogP contribution in [0.3, 0.4) is 0 Å². The third kappa shape index (κ3) is 4.42. The molecule has 158 valence electrons. The summed E-state index contributed by atoms with van der Waals surface area (Å²) in [5.74, 6) is 1.18. The van der Waals surface area contributed by atoms with Crippen LogP contribution in [-0.4, -0.2) is 50.8 Å². The summed E-state index contributed by atoms with van der Waals surface area (Å²) in [5.41, 5.74) is 2.20. The molecule has 4 rings (SSSR count). The molecule has 3 aromatic rings. The van der Waals surface area contributed by atoms with E-state index in [4.69, 9.17) is 14.5 Å². The van der Waals surface area contributed by atoms with E-state index in [2.05, 4.69) is 33.2 Å². The predicted octanol–water partition coefficient (Wildman–Crippen LogP) is 2.57. The molecule has 0 bridgehead atoms. The summed E-state index contributed by atoms with van der Waals surface area (Å²) < 4.78 is 12.9. The Morgan fingerprint density at radius 3 is 2.80 bits per heavy atom. The van der Waals surface area contributed by atoms with Gasteiger partial charge in [0.15, 0.2) is 16.6 Å². The largest absolute Gasteiger partial charge is 0.485 e. The molecular weight excluding hydrogens is 398 g/mol. The van der Waals surface area contributed by atoms with E-state index in [1.54, 1.807) is 16.2 Å². The number of nitrogens with zero attached hydrogens (tertiary/aromatic N) is 2. The zero-order valence-corrected chi connectivity index (χ0v) is 18.5. The van der Waals surface area contributed by atoms with Gasteiger partial charge < -0.3 is 14.4 Å². The van der Waals surface area contributed by atoms with Gasteiger partial charge in [-0.1, -0.05) is 36.5 Å². The van der Waals surface area contributed by atoms with E-state index in [1.807, 2.05) is 30.3 Å². The first kappa shape index (κ1) is 20.6. The van der Waals surface area contributed by atoms with Crippen LogP contribution in [0, 0.1) is 0 Å². The number of benzene rings is 2. The van der Waals surface area contributed by atoms with Gasteiger partial charge in [-0.25, -0.2) is 4.98 Å². The first-order chi connectivity index (χ1) is 14.5. The fourth-order valence-corrected chi connectivity index (χ4v) is 4.56. The van der Waals surface area contributed by atoms with Gasteiger partial charge in [-0.05, 0) is 36.2 Å². The molecule has 0 aliphatic carbocycles. The van der Waals surface area contributed by atoms with Crippen molar-refractivity contribution in [2.45, 2.75) is 25.9 Å². The number of carbonyl (C=O) groups excluding carboxylic acids is 1. The summed E-state index contributed by atoms with van der Waals surface area (Å²) in [6.07, 6.45) is 1.18. The van der Waals surface area contributed by atoms with Gasteiger partial charge in [-0.3, -0.25) is 9.69 Å². The number of rotatable bonds is 7. The monoisotopic (exact) mass is 426 g/mol. The number of fused-ring (bicyclic) bond motifs is 2. The molecule has 1 aliphatic rings. The quantitative estimate of drug-likeness (QED) is 0.631. The number of thiazole rings is 1. The van der Waals surface area contributed by atoms with Crippen molar-refractivity contribution in [3.8, 4) is 11.5 Å². The third-order valence-corrected chi connectivity index (χ3v) is 6.23. The molecule has 1 aromatic heterocycles. The summed E-state index contributed by atoms with van der Waals surface area (Å²) in [7, 11) is 4.23. The summed E-state index contributed by atoms with van der Waals surface area (Å²) >= 11 is 1.56. The molecule has 1 amide bonds. The van der Waals surface area contributed by atoms with E-state index in [0.717, 1.165) is 34.7 Å². The summed E-state index contributed by atoms with van der Waals surface area (Å²) in [6, 6.07) is 13.8. The van der Waals surface area contributed by atoms with Gasteiger partial charge in [0.25, 0.3) is 5.91 Å². The lowest BCUT2D eigenvalue weighted by atomic mass is 10.2. The molecule has 7 heteroatoms. The van der Waals surface area contributed by atoms with Crippen molar-refractivity contribution in [1.82, 2.24) is 4.98 Å². The second kappa shape index (κ2) is 9.02. The van der Waals surface area contributed by atoms with Crippen LogP contribution in [0.1, 0.15) is 18.9 Å². The van der Waals surface area contributed by atoms with Gasteiger partial charge in [0.05, 0.1) is 30.9 Å². The molecule has 1 aliphatic heterocycles. The van der Waals surface area contributed by atoms with Crippen molar-refractivity contribution in [2.24, 2.45) is 0 Å². The maximum atomic E-state index is 13.5. The Morgan fingerprint density at radius 1 is 1.23 bits per heavy atom. The number of nitrogens with one attached hydrogen (secondary N) is 1. The van der Waals surface area contributed by atoms with Gasteiger partial charge in [0.1, 0.15) is 6.61 Å². The number of anilines is 1. The molecule has 30 heavy (non-hydrogen) atoms. The number of amides is 1. The number of hydrogen-bond donors (Lipinski definition) is 1. The Hall–Kier alpha value is -2.64. The molecule has 1 N–H and O–H groups in total. The van der Waals surface area contributed by atoms with E-state index in [-0.39, 0.29) is 12.5 Å². The minimum absolute atomic E-state index is 0.104. The number of carbonyl (C=O) groups is 1. The van der Waals surface area contributed by atoms with Crippen LogP contribution in [0.25, 0.3) is 10.2 Å². The summed E-state index contributed by atoms with van der Waals surface area (Å²) in [4.78, 5) is 21.4.